The number of nitrogens with zero attached hydrogens (tertiary/aromatic N) is 3. The SMILES string of the molecule is CCn1c2ccccc2c2cc(C=O)ccc21.CCn1c2ccccc2c2cc(CN3CCC(=Cc4ccc(C(=O)O)cc4)CC3)ccc21.COC(=O)c1ccc(C=C2CCNCC2)cc1. The Morgan fingerprint density at radius 2 is 1.08 bits per heavy atom. The molecule has 8 aromatic rings. The number of fused-ring (bicyclic) bond motifs is 6. The number of aldehydes is 1. The Morgan fingerprint density at radius 1 is 0.591 bits per heavy atom. The van der Waals surface area contributed by atoms with Crippen molar-refractivity contribution in [2.45, 2.75) is 59.2 Å². The molecule has 336 valence electrons. The Labute approximate surface area is 386 Å². The van der Waals surface area contributed by atoms with E-state index in [1.165, 1.54) is 62.0 Å². The fourth-order valence-corrected chi connectivity index (χ4v) is 9.34. The highest BCUT2D eigenvalue weighted by Crippen LogP contribution is 2.32. The van der Waals surface area contributed by atoms with Gasteiger partial charge in [-0.1, -0.05) is 90.0 Å². The maximum absolute atomic E-state index is 11.3. The van der Waals surface area contributed by atoms with Crippen LogP contribution in [0.3, 0.4) is 0 Å². The number of nitrogens with one attached hydrogen (secondary N) is 1. The van der Waals surface area contributed by atoms with Gasteiger partial charge in [0.15, 0.2) is 0 Å². The van der Waals surface area contributed by atoms with E-state index in [0.29, 0.717) is 11.1 Å². The van der Waals surface area contributed by atoms with Gasteiger partial charge in [0.25, 0.3) is 0 Å². The van der Waals surface area contributed by atoms with Gasteiger partial charge >= 0.3 is 11.9 Å². The third kappa shape index (κ3) is 10.4. The van der Waals surface area contributed by atoms with Crippen molar-refractivity contribution in [3.05, 3.63) is 178 Å². The van der Waals surface area contributed by atoms with Gasteiger partial charge in [0, 0.05) is 81.9 Å². The Balaban J connectivity index is 0.000000147. The quantitative estimate of drug-likeness (QED) is 0.110. The third-order valence-electron chi connectivity index (χ3n) is 12.8. The van der Waals surface area contributed by atoms with Crippen LogP contribution in [0.4, 0.5) is 0 Å². The highest BCUT2D eigenvalue weighted by Gasteiger charge is 2.16. The van der Waals surface area contributed by atoms with Crippen molar-refractivity contribution >= 4 is 74.0 Å². The summed E-state index contributed by atoms with van der Waals surface area (Å²) < 4.78 is 9.34. The summed E-state index contributed by atoms with van der Waals surface area (Å²) in [7, 11) is 1.40. The molecule has 9 nitrogen and oxygen atoms in total. The van der Waals surface area contributed by atoms with Crippen LogP contribution in [0.1, 0.15) is 87.3 Å². The number of benzene rings is 6. The molecule has 0 saturated carbocycles. The molecule has 0 amide bonds. The number of para-hydroxylation sites is 2. The molecule has 0 unspecified atom stereocenters. The number of ether oxygens (including phenoxy) is 1. The first-order valence-corrected chi connectivity index (χ1v) is 23.1. The van der Waals surface area contributed by atoms with Crippen molar-refractivity contribution in [2.75, 3.05) is 33.3 Å². The number of aryl methyl sites for hydroxylation is 2. The lowest BCUT2D eigenvalue weighted by molar-refractivity contribution is 0.0599. The fourth-order valence-electron chi connectivity index (χ4n) is 9.34. The van der Waals surface area contributed by atoms with Gasteiger partial charge in [-0.25, -0.2) is 9.59 Å². The van der Waals surface area contributed by atoms with Crippen LogP contribution >= 0.6 is 0 Å². The van der Waals surface area contributed by atoms with Crippen LogP contribution in [0.25, 0.3) is 55.8 Å². The molecule has 2 fully saturated rings. The smallest absolute Gasteiger partial charge is 0.337 e. The molecule has 0 bridgehead atoms. The zero-order valence-electron chi connectivity index (χ0n) is 38.1. The van der Waals surface area contributed by atoms with Crippen molar-refractivity contribution < 1.29 is 24.2 Å². The van der Waals surface area contributed by atoms with Crippen LogP contribution in [0, 0.1) is 0 Å². The lowest BCUT2D eigenvalue weighted by Crippen LogP contribution is -2.30. The molecule has 2 saturated heterocycles. The number of methoxy groups -OCH3 is 1. The van der Waals surface area contributed by atoms with E-state index >= 15 is 0 Å². The van der Waals surface area contributed by atoms with E-state index < -0.39 is 5.97 Å². The molecule has 2 N–H and O–H groups in total. The number of likely N-dealkylation sites (tertiary alicyclic amines) is 1. The number of hydrogen-bond donors (Lipinski definition) is 2. The second-order valence-electron chi connectivity index (χ2n) is 16.9. The molecule has 0 aliphatic carbocycles. The monoisotopic (exact) mass is 878 g/mol. The van der Waals surface area contributed by atoms with Crippen LogP contribution < -0.4 is 5.32 Å². The van der Waals surface area contributed by atoms with Crippen LogP contribution in [0.2, 0.25) is 0 Å². The van der Waals surface area contributed by atoms with Gasteiger partial charge in [-0.05, 0) is 136 Å². The number of esters is 1. The van der Waals surface area contributed by atoms with Crippen molar-refractivity contribution in [2.24, 2.45) is 0 Å². The van der Waals surface area contributed by atoms with Crippen LogP contribution in [0.5, 0.6) is 0 Å². The van der Waals surface area contributed by atoms with Crippen LogP contribution in [0.15, 0.2) is 145 Å². The van der Waals surface area contributed by atoms with E-state index in [-0.39, 0.29) is 5.97 Å². The summed E-state index contributed by atoms with van der Waals surface area (Å²) >= 11 is 0. The van der Waals surface area contributed by atoms with E-state index in [9.17, 15) is 14.4 Å². The summed E-state index contributed by atoms with van der Waals surface area (Å²) in [4.78, 5) is 35.7. The molecule has 2 aliphatic heterocycles. The minimum atomic E-state index is -0.880. The van der Waals surface area contributed by atoms with Gasteiger partial charge < -0.3 is 24.3 Å². The van der Waals surface area contributed by atoms with Gasteiger partial charge in [-0.3, -0.25) is 9.69 Å². The minimum Gasteiger partial charge on any atom is -0.478 e. The molecule has 4 heterocycles. The standard InChI is InChI=1S/C28H28N2O2.C15H13NO.C14H17NO2/c1-2-30-26-6-4-3-5-24(26)25-18-22(9-12-27(25)30)19-29-15-13-21(14-16-29)17-20-7-10-23(11-8-20)28(31)32;1-2-16-14-6-4-3-5-12(14)13-9-11(10-17)7-8-15(13)16;1-17-14(16)13-4-2-11(3-5-13)10-12-6-8-15-9-7-12/h3-12,17-18H,2,13-16,19H2,1H3,(H,31,32);3-10H,2H2,1H3;2-5,10,15H,6-9H2,1H3. The van der Waals surface area contributed by atoms with Gasteiger partial charge in [0.05, 0.1) is 18.2 Å². The highest BCUT2D eigenvalue weighted by molar-refractivity contribution is 6.10. The summed E-state index contributed by atoms with van der Waals surface area (Å²) in [5.74, 6) is -1.17. The lowest BCUT2D eigenvalue weighted by Gasteiger charge is -2.28. The number of carboxylic acids is 1. The molecular formula is C57H58N4O5. The number of piperidine rings is 2. The summed E-state index contributed by atoms with van der Waals surface area (Å²) in [6.45, 7) is 11.5. The number of carboxylic acid groups (broad SMARTS) is 1. The molecule has 6 aromatic carbocycles. The predicted molar refractivity (Wildman–Crippen MR) is 269 cm³/mol. The zero-order valence-corrected chi connectivity index (χ0v) is 38.1. The Hall–Kier alpha value is -7.07. The van der Waals surface area contributed by atoms with Gasteiger partial charge in [0.1, 0.15) is 6.29 Å². The van der Waals surface area contributed by atoms with E-state index in [1.54, 1.807) is 24.3 Å². The molecule has 2 aromatic heterocycles. The van der Waals surface area contributed by atoms with E-state index in [1.807, 2.05) is 54.6 Å². The predicted octanol–water partition coefficient (Wildman–Crippen LogP) is 12.1. The molecule has 2 aliphatic rings. The topological polar surface area (TPSA) is 106 Å². The largest absolute Gasteiger partial charge is 0.478 e. The highest BCUT2D eigenvalue weighted by atomic mass is 16.5. The van der Waals surface area contributed by atoms with E-state index in [0.717, 1.165) is 99.9 Å². The summed E-state index contributed by atoms with van der Waals surface area (Å²) in [5.41, 5.74) is 13.2. The van der Waals surface area contributed by atoms with E-state index in [2.05, 4.69) is 105 Å². The average Bonchev–Trinajstić information content (AvgIpc) is 3.86. The first-order chi connectivity index (χ1) is 32.3. The summed E-state index contributed by atoms with van der Waals surface area (Å²) in [6, 6.07) is 44.5. The maximum atomic E-state index is 11.3. The van der Waals surface area contributed by atoms with Crippen molar-refractivity contribution in [3.8, 4) is 0 Å². The van der Waals surface area contributed by atoms with Gasteiger partial charge in [-0.15, -0.1) is 0 Å². The molecule has 66 heavy (non-hydrogen) atoms. The molecular weight excluding hydrogens is 821 g/mol. The first-order valence-electron chi connectivity index (χ1n) is 23.1. The minimum absolute atomic E-state index is 0.286. The van der Waals surface area contributed by atoms with E-state index in [4.69, 9.17) is 5.11 Å². The lowest BCUT2D eigenvalue weighted by atomic mass is 9.99. The molecule has 10 rings (SSSR count). The average molecular weight is 879 g/mol. The second-order valence-corrected chi connectivity index (χ2v) is 16.9. The van der Waals surface area contributed by atoms with Gasteiger partial charge in [0.2, 0.25) is 0 Å². The van der Waals surface area contributed by atoms with Gasteiger partial charge in [-0.2, -0.15) is 0 Å². The van der Waals surface area contributed by atoms with Crippen molar-refractivity contribution in [1.29, 1.82) is 0 Å². The van der Waals surface area contributed by atoms with Crippen molar-refractivity contribution in [3.63, 3.8) is 0 Å². The normalized spacial score (nSPS) is 14.0. The number of aromatic carboxylic acids is 1. The van der Waals surface area contributed by atoms with Crippen LogP contribution in [-0.4, -0.2) is 70.7 Å². The third-order valence-corrected chi connectivity index (χ3v) is 12.8. The Kier molecular flexibility index (Phi) is 14.7. The number of carbonyl (C=O) groups excluding carboxylic acids is 2. The second kappa shape index (κ2) is 21.3. The Bertz CT molecular complexity index is 3050. The Morgan fingerprint density at radius 3 is 1.61 bits per heavy atom. The molecule has 0 spiro atoms. The summed E-state index contributed by atoms with van der Waals surface area (Å²) in [6.07, 6.45) is 9.65. The number of rotatable bonds is 9. The molecule has 9 heteroatoms. The number of hydrogen-bond acceptors (Lipinski definition) is 6. The van der Waals surface area contributed by atoms with Crippen LogP contribution in [-0.2, 0) is 24.4 Å². The molecule has 0 atom stereocenters. The van der Waals surface area contributed by atoms with Crippen molar-refractivity contribution in [1.82, 2.24) is 19.4 Å². The summed E-state index contributed by atoms with van der Waals surface area (Å²) in [5, 5.41) is 17.4. The fraction of sp³-hybridized carbons (Fsp3) is 0.246. The molecule has 0 radical (unpaired) electrons. The zero-order chi connectivity index (χ0) is 46.0. The number of carbonyl (C=O) groups is 3. The maximum Gasteiger partial charge on any atom is 0.337 e. The first kappa shape index (κ1) is 45.5. The number of aromatic nitrogens is 2.